The van der Waals surface area contributed by atoms with Crippen molar-refractivity contribution in [2.24, 2.45) is 10.7 Å². The van der Waals surface area contributed by atoms with Gasteiger partial charge >= 0.3 is 0 Å². The third-order valence-corrected chi connectivity index (χ3v) is 3.58. The summed E-state index contributed by atoms with van der Waals surface area (Å²) in [6.45, 7) is 2.08. The molecular formula is C20H18N2. The van der Waals surface area contributed by atoms with Crippen molar-refractivity contribution < 1.29 is 0 Å². The molecule has 0 fully saturated rings. The van der Waals surface area contributed by atoms with Gasteiger partial charge in [-0.1, -0.05) is 78.4 Å². The van der Waals surface area contributed by atoms with E-state index >= 15 is 0 Å². The maximum atomic E-state index is 6.15. The van der Waals surface area contributed by atoms with Gasteiger partial charge < -0.3 is 5.73 Å². The Morgan fingerprint density at radius 2 is 1.41 bits per heavy atom. The Bertz CT molecular complexity index is 787. The molecule has 0 aliphatic rings. The summed E-state index contributed by atoms with van der Waals surface area (Å²) in [7, 11) is 0. The number of nitrogens with zero attached hydrogens (tertiary/aromatic N) is 1. The molecule has 0 heterocycles. The van der Waals surface area contributed by atoms with E-state index in [-0.39, 0.29) is 0 Å². The van der Waals surface area contributed by atoms with Gasteiger partial charge in [-0.2, -0.15) is 0 Å². The molecule has 0 amide bonds. The van der Waals surface area contributed by atoms with Crippen LogP contribution < -0.4 is 5.73 Å². The van der Waals surface area contributed by atoms with Crippen molar-refractivity contribution in [3.8, 4) is 11.1 Å². The fourth-order valence-electron chi connectivity index (χ4n) is 2.35. The molecule has 108 valence electrons. The van der Waals surface area contributed by atoms with Crippen molar-refractivity contribution >= 4 is 11.5 Å². The van der Waals surface area contributed by atoms with Crippen LogP contribution in [0.5, 0.6) is 0 Å². The average molecular weight is 286 g/mol. The number of nitrogens with two attached hydrogens (primary N) is 1. The molecule has 22 heavy (non-hydrogen) atoms. The lowest BCUT2D eigenvalue weighted by molar-refractivity contribution is 1.43. The second kappa shape index (κ2) is 6.27. The van der Waals surface area contributed by atoms with Crippen LogP contribution in [0.2, 0.25) is 0 Å². The van der Waals surface area contributed by atoms with Crippen LogP contribution in [0, 0.1) is 6.92 Å². The summed E-state index contributed by atoms with van der Waals surface area (Å²) in [5.74, 6) is 0.528. The standard InChI is InChI=1S/C20H18N2/c1-15-11-13-16(14-12-15)18-9-5-6-10-19(18)22-20(21)17-7-3-2-4-8-17/h2-14H,1H3,(H2,21,22). The number of para-hydroxylation sites is 1. The molecule has 0 spiro atoms. The molecule has 0 radical (unpaired) electrons. The number of hydrogen-bond donors (Lipinski definition) is 1. The summed E-state index contributed by atoms with van der Waals surface area (Å²) in [5, 5.41) is 0. The second-order valence-corrected chi connectivity index (χ2v) is 5.25. The largest absolute Gasteiger partial charge is 0.383 e. The van der Waals surface area contributed by atoms with Gasteiger partial charge in [-0.25, -0.2) is 4.99 Å². The first-order valence-corrected chi connectivity index (χ1v) is 7.30. The average Bonchev–Trinajstić information content (AvgIpc) is 2.57. The third-order valence-electron chi connectivity index (χ3n) is 3.58. The Labute approximate surface area is 131 Å². The van der Waals surface area contributed by atoms with Crippen LogP contribution in [0.4, 0.5) is 5.69 Å². The Balaban J connectivity index is 2.03. The minimum atomic E-state index is 0.528. The van der Waals surface area contributed by atoms with E-state index in [4.69, 9.17) is 5.73 Å². The Hall–Kier alpha value is -2.87. The molecule has 0 atom stereocenters. The zero-order chi connectivity index (χ0) is 15.4. The van der Waals surface area contributed by atoms with Gasteiger partial charge in [0.05, 0.1) is 5.69 Å². The fraction of sp³-hybridized carbons (Fsp3) is 0.0500. The van der Waals surface area contributed by atoms with Crippen molar-refractivity contribution in [2.75, 3.05) is 0 Å². The highest BCUT2D eigenvalue weighted by molar-refractivity contribution is 6.00. The van der Waals surface area contributed by atoms with Crippen LogP contribution in [0.1, 0.15) is 11.1 Å². The molecule has 0 aliphatic heterocycles. The van der Waals surface area contributed by atoms with Gasteiger partial charge in [-0.15, -0.1) is 0 Å². The summed E-state index contributed by atoms with van der Waals surface area (Å²) in [6.07, 6.45) is 0. The highest BCUT2D eigenvalue weighted by Crippen LogP contribution is 2.30. The Kier molecular flexibility index (Phi) is 4.01. The number of rotatable bonds is 3. The fourth-order valence-corrected chi connectivity index (χ4v) is 2.35. The van der Waals surface area contributed by atoms with Gasteiger partial charge in [0, 0.05) is 11.1 Å². The van der Waals surface area contributed by atoms with Gasteiger partial charge in [-0.05, 0) is 18.6 Å². The molecule has 2 heteroatoms. The SMILES string of the molecule is Cc1ccc(-c2ccccc2N=C(N)c2ccccc2)cc1. The molecule has 3 rings (SSSR count). The highest BCUT2D eigenvalue weighted by atomic mass is 14.9. The van der Waals surface area contributed by atoms with E-state index in [0.717, 1.165) is 22.4 Å². The van der Waals surface area contributed by atoms with E-state index in [9.17, 15) is 0 Å². The molecule has 3 aromatic carbocycles. The van der Waals surface area contributed by atoms with E-state index in [1.54, 1.807) is 0 Å². The molecule has 2 N–H and O–H groups in total. The van der Waals surface area contributed by atoms with Crippen molar-refractivity contribution in [1.29, 1.82) is 0 Å². The summed E-state index contributed by atoms with van der Waals surface area (Å²) in [6, 6.07) is 26.3. The number of aryl methyl sites for hydroxylation is 1. The first-order valence-electron chi connectivity index (χ1n) is 7.30. The van der Waals surface area contributed by atoms with E-state index in [1.165, 1.54) is 5.56 Å². The van der Waals surface area contributed by atoms with Gasteiger partial charge in [-0.3, -0.25) is 0 Å². The lowest BCUT2D eigenvalue weighted by Crippen LogP contribution is -2.12. The minimum Gasteiger partial charge on any atom is -0.383 e. The maximum absolute atomic E-state index is 6.15. The quantitative estimate of drug-likeness (QED) is 0.550. The van der Waals surface area contributed by atoms with Crippen molar-refractivity contribution in [3.63, 3.8) is 0 Å². The molecule has 0 unspecified atom stereocenters. The van der Waals surface area contributed by atoms with E-state index in [2.05, 4.69) is 42.2 Å². The molecular weight excluding hydrogens is 268 g/mol. The molecule has 2 nitrogen and oxygen atoms in total. The monoisotopic (exact) mass is 286 g/mol. The molecule has 0 bridgehead atoms. The first-order chi connectivity index (χ1) is 10.7. The molecule has 0 saturated heterocycles. The minimum absolute atomic E-state index is 0.528. The lowest BCUT2D eigenvalue weighted by atomic mass is 10.0. The number of hydrogen-bond acceptors (Lipinski definition) is 1. The predicted octanol–water partition coefficient (Wildman–Crippen LogP) is 4.70. The van der Waals surface area contributed by atoms with Gasteiger partial charge in [0.2, 0.25) is 0 Å². The van der Waals surface area contributed by atoms with Crippen molar-refractivity contribution in [1.82, 2.24) is 0 Å². The zero-order valence-electron chi connectivity index (χ0n) is 12.5. The number of amidine groups is 1. The highest BCUT2D eigenvalue weighted by Gasteiger charge is 2.05. The van der Waals surface area contributed by atoms with Gasteiger partial charge in [0.15, 0.2) is 0 Å². The van der Waals surface area contributed by atoms with Crippen LogP contribution in [0.25, 0.3) is 11.1 Å². The van der Waals surface area contributed by atoms with Gasteiger partial charge in [0.1, 0.15) is 5.84 Å². The summed E-state index contributed by atoms with van der Waals surface area (Å²) in [5.41, 5.74) is 11.4. The second-order valence-electron chi connectivity index (χ2n) is 5.25. The molecule has 3 aromatic rings. The predicted molar refractivity (Wildman–Crippen MR) is 93.4 cm³/mol. The number of benzene rings is 3. The smallest absolute Gasteiger partial charge is 0.131 e. The Morgan fingerprint density at radius 3 is 2.14 bits per heavy atom. The molecule has 0 aliphatic carbocycles. The maximum Gasteiger partial charge on any atom is 0.131 e. The summed E-state index contributed by atoms with van der Waals surface area (Å²) >= 11 is 0. The molecule has 0 saturated carbocycles. The van der Waals surface area contributed by atoms with Gasteiger partial charge in [0.25, 0.3) is 0 Å². The van der Waals surface area contributed by atoms with E-state index < -0.39 is 0 Å². The van der Waals surface area contributed by atoms with E-state index in [1.807, 2.05) is 48.5 Å². The Morgan fingerprint density at radius 1 is 0.773 bits per heavy atom. The van der Waals surface area contributed by atoms with Crippen LogP contribution in [-0.4, -0.2) is 5.84 Å². The topological polar surface area (TPSA) is 38.4 Å². The van der Waals surface area contributed by atoms with Crippen LogP contribution in [0.3, 0.4) is 0 Å². The van der Waals surface area contributed by atoms with Crippen molar-refractivity contribution in [2.45, 2.75) is 6.92 Å². The summed E-state index contributed by atoms with van der Waals surface area (Å²) in [4.78, 5) is 4.62. The van der Waals surface area contributed by atoms with Crippen LogP contribution in [-0.2, 0) is 0 Å². The molecule has 0 aromatic heterocycles. The van der Waals surface area contributed by atoms with E-state index in [0.29, 0.717) is 5.84 Å². The number of aliphatic imine (C=N–C) groups is 1. The lowest BCUT2D eigenvalue weighted by Gasteiger charge is -2.08. The first kappa shape index (κ1) is 14.1. The van der Waals surface area contributed by atoms with Crippen LogP contribution in [0.15, 0.2) is 83.9 Å². The third kappa shape index (κ3) is 3.07. The van der Waals surface area contributed by atoms with Crippen LogP contribution >= 0.6 is 0 Å². The normalized spacial score (nSPS) is 11.4. The van der Waals surface area contributed by atoms with Crippen molar-refractivity contribution in [3.05, 3.63) is 90.0 Å². The summed E-state index contributed by atoms with van der Waals surface area (Å²) < 4.78 is 0. The zero-order valence-corrected chi connectivity index (χ0v) is 12.5.